The summed E-state index contributed by atoms with van der Waals surface area (Å²) in [4.78, 5) is 11.7. The first-order valence-corrected chi connectivity index (χ1v) is 8.19. The molecular formula is C14H19ClN2O2S. The van der Waals surface area contributed by atoms with Gasteiger partial charge in [-0.05, 0) is 11.6 Å². The Balaban J connectivity index is 1.61. The number of benzene rings is 1. The van der Waals surface area contributed by atoms with E-state index in [2.05, 4.69) is 10.6 Å². The molecule has 20 heavy (non-hydrogen) atoms. The van der Waals surface area contributed by atoms with E-state index in [0.717, 1.165) is 29.4 Å². The zero-order valence-electron chi connectivity index (χ0n) is 11.2. The van der Waals surface area contributed by atoms with Gasteiger partial charge < -0.3 is 15.4 Å². The Morgan fingerprint density at radius 1 is 1.50 bits per heavy atom. The first-order valence-electron chi connectivity index (χ1n) is 6.66. The van der Waals surface area contributed by atoms with E-state index in [1.165, 1.54) is 0 Å². The summed E-state index contributed by atoms with van der Waals surface area (Å²) in [6.07, 6.45) is 0.0845. The molecule has 6 heteroatoms. The number of nitrogens with one attached hydrogen (secondary N) is 2. The van der Waals surface area contributed by atoms with Gasteiger partial charge in [-0.2, -0.15) is 0 Å². The van der Waals surface area contributed by atoms with E-state index in [1.807, 2.05) is 24.3 Å². The van der Waals surface area contributed by atoms with Gasteiger partial charge in [-0.1, -0.05) is 29.8 Å². The second-order valence-corrected chi connectivity index (χ2v) is 5.98. The van der Waals surface area contributed by atoms with Crippen LogP contribution in [0.15, 0.2) is 24.3 Å². The molecule has 0 spiro atoms. The van der Waals surface area contributed by atoms with Gasteiger partial charge in [0, 0.05) is 30.4 Å². The summed E-state index contributed by atoms with van der Waals surface area (Å²) in [5.74, 6) is 1.22. The quantitative estimate of drug-likeness (QED) is 0.839. The Hall–Kier alpha value is -0.750. The summed E-state index contributed by atoms with van der Waals surface area (Å²) in [7, 11) is 0. The predicted octanol–water partition coefficient (Wildman–Crippen LogP) is 1.68. The van der Waals surface area contributed by atoms with Crippen molar-refractivity contribution >= 4 is 29.3 Å². The fourth-order valence-corrected chi connectivity index (χ4v) is 3.04. The monoisotopic (exact) mass is 314 g/mol. The molecule has 0 aromatic heterocycles. The lowest BCUT2D eigenvalue weighted by Crippen LogP contribution is -2.45. The van der Waals surface area contributed by atoms with Gasteiger partial charge >= 0.3 is 0 Å². The van der Waals surface area contributed by atoms with Gasteiger partial charge in [0.2, 0.25) is 5.91 Å². The van der Waals surface area contributed by atoms with Crippen LogP contribution in [-0.2, 0) is 15.3 Å². The van der Waals surface area contributed by atoms with E-state index in [9.17, 15) is 4.79 Å². The fraction of sp³-hybridized carbons (Fsp3) is 0.500. The predicted molar refractivity (Wildman–Crippen MR) is 83.2 cm³/mol. The lowest BCUT2D eigenvalue weighted by molar-refractivity contribution is -0.119. The van der Waals surface area contributed by atoms with Crippen LogP contribution in [-0.4, -0.2) is 44.0 Å². The van der Waals surface area contributed by atoms with E-state index in [1.54, 1.807) is 11.8 Å². The Morgan fingerprint density at radius 2 is 2.35 bits per heavy atom. The molecule has 1 fully saturated rings. The minimum absolute atomic E-state index is 0.0382. The van der Waals surface area contributed by atoms with Crippen LogP contribution in [0.1, 0.15) is 5.56 Å². The van der Waals surface area contributed by atoms with Crippen molar-refractivity contribution in [3.05, 3.63) is 34.9 Å². The van der Waals surface area contributed by atoms with E-state index >= 15 is 0 Å². The number of ether oxygens (including phenoxy) is 1. The van der Waals surface area contributed by atoms with Crippen molar-refractivity contribution < 1.29 is 9.53 Å². The average Bonchev–Trinajstić information content (AvgIpc) is 2.48. The Kier molecular flexibility index (Phi) is 6.66. The third kappa shape index (κ3) is 5.32. The van der Waals surface area contributed by atoms with Crippen molar-refractivity contribution in [2.24, 2.45) is 0 Å². The third-order valence-electron chi connectivity index (χ3n) is 2.98. The maximum atomic E-state index is 11.7. The van der Waals surface area contributed by atoms with Gasteiger partial charge in [0.25, 0.3) is 0 Å². The van der Waals surface area contributed by atoms with Crippen LogP contribution in [0.5, 0.6) is 0 Å². The van der Waals surface area contributed by atoms with Gasteiger partial charge in [0.15, 0.2) is 0 Å². The minimum Gasteiger partial charge on any atom is -0.374 e. The van der Waals surface area contributed by atoms with E-state index in [-0.39, 0.29) is 12.0 Å². The number of amides is 1. The second kappa shape index (κ2) is 8.52. The third-order valence-corrected chi connectivity index (χ3v) is 4.33. The zero-order chi connectivity index (χ0) is 14.2. The van der Waals surface area contributed by atoms with Crippen LogP contribution in [0.25, 0.3) is 0 Å². The maximum Gasteiger partial charge on any atom is 0.230 e. The molecular weight excluding hydrogens is 296 g/mol. The van der Waals surface area contributed by atoms with Gasteiger partial charge in [-0.25, -0.2) is 0 Å². The molecule has 1 unspecified atom stereocenters. The zero-order valence-corrected chi connectivity index (χ0v) is 12.8. The number of rotatable bonds is 6. The van der Waals surface area contributed by atoms with Crippen LogP contribution in [0, 0.1) is 0 Å². The molecule has 0 aliphatic carbocycles. The Bertz CT molecular complexity index is 439. The molecule has 1 aromatic carbocycles. The lowest BCUT2D eigenvalue weighted by atomic mass is 10.2. The van der Waals surface area contributed by atoms with Crippen molar-refractivity contribution in [2.45, 2.75) is 11.9 Å². The molecule has 1 saturated heterocycles. The number of carbonyl (C=O) groups excluding carboxylic acids is 1. The molecule has 1 atom stereocenters. The lowest BCUT2D eigenvalue weighted by Gasteiger charge is -2.23. The van der Waals surface area contributed by atoms with Crippen LogP contribution < -0.4 is 10.6 Å². The molecule has 1 aliphatic rings. The van der Waals surface area contributed by atoms with Crippen molar-refractivity contribution in [1.29, 1.82) is 0 Å². The smallest absolute Gasteiger partial charge is 0.230 e. The second-order valence-electron chi connectivity index (χ2n) is 4.59. The number of halogens is 1. The highest BCUT2D eigenvalue weighted by Crippen LogP contribution is 2.20. The topological polar surface area (TPSA) is 50.4 Å². The van der Waals surface area contributed by atoms with Crippen LogP contribution >= 0.6 is 23.4 Å². The normalized spacial score (nSPS) is 18.8. The van der Waals surface area contributed by atoms with E-state index in [4.69, 9.17) is 16.3 Å². The molecule has 1 amide bonds. The van der Waals surface area contributed by atoms with Crippen LogP contribution in [0.3, 0.4) is 0 Å². The molecule has 1 heterocycles. The molecule has 0 bridgehead atoms. The highest BCUT2D eigenvalue weighted by atomic mass is 35.5. The Morgan fingerprint density at radius 3 is 3.10 bits per heavy atom. The minimum atomic E-state index is 0.0382. The molecule has 4 nitrogen and oxygen atoms in total. The largest absolute Gasteiger partial charge is 0.374 e. The maximum absolute atomic E-state index is 11.7. The highest BCUT2D eigenvalue weighted by molar-refractivity contribution is 7.99. The Labute approximate surface area is 128 Å². The summed E-state index contributed by atoms with van der Waals surface area (Å²) in [5, 5.41) is 6.88. The van der Waals surface area contributed by atoms with Crippen LogP contribution in [0.2, 0.25) is 5.02 Å². The summed E-state index contributed by atoms with van der Waals surface area (Å²) in [6.45, 7) is 2.96. The first-order chi connectivity index (χ1) is 9.75. The molecule has 0 radical (unpaired) electrons. The number of thioether (sulfide) groups is 1. The number of hydrogen-bond donors (Lipinski definition) is 2. The molecule has 1 aromatic rings. The van der Waals surface area contributed by atoms with Crippen molar-refractivity contribution in [2.75, 3.05) is 32.0 Å². The van der Waals surface area contributed by atoms with Gasteiger partial charge in [-0.3, -0.25) is 4.79 Å². The molecule has 0 saturated carbocycles. The van der Waals surface area contributed by atoms with Gasteiger partial charge in [0.1, 0.15) is 0 Å². The van der Waals surface area contributed by atoms with Crippen molar-refractivity contribution in [3.63, 3.8) is 0 Å². The van der Waals surface area contributed by atoms with Gasteiger partial charge in [0.05, 0.1) is 18.5 Å². The summed E-state index contributed by atoms with van der Waals surface area (Å²) in [5.41, 5.74) is 1.06. The summed E-state index contributed by atoms with van der Waals surface area (Å²) >= 11 is 7.63. The molecule has 110 valence electrons. The van der Waals surface area contributed by atoms with E-state index in [0.29, 0.717) is 18.9 Å². The number of carbonyl (C=O) groups is 1. The number of hydrogen-bond acceptors (Lipinski definition) is 4. The number of morpholine rings is 1. The molecule has 1 aliphatic heterocycles. The first kappa shape index (κ1) is 15.6. The van der Waals surface area contributed by atoms with Crippen molar-refractivity contribution in [3.8, 4) is 0 Å². The average molecular weight is 315 g/mol. The van der Waals surface area contributed by atoms with Crippen LogP contribution in [0.4, 0.5) is 0 Å². The van der Waals surface area contributed by atoms with E-state index < -0.39 is 0 Å². The summed E-state index contributed by atoms with van der Waals surface area (Å²) < 4.78 is 5.52. The van der Waals surface area contributed by atoms with Crippen molar-refractivity contribution in [1.82, 2.24) is 10.6 Å². The standard InChI is InChI=1S/C14H19ClN2O2S/c15-13-4-2-1-3-11(13)9-20-10-14(18)17-8-12-7-16-5-6-19-12/h1-4,12,16H,5-10H2,(H,17,18). The molecule has 2 N–H and O–H groups in total. The SMILES string of the molecule is O=C(CSCc1ccccc1Cl)NCC1CNCCO1. The van der Waals surface area contributed by atoms with Gasteiger partial charge in [-0.15, -0.1) is 11.8 Å². The summed E-state index contributed by atoms with van der Waals surface area (Å²) in [6, 6.07) is 7.70. The fourth-order valence-electron chi connectivity index (χ4n) is 1.90. The highest BCUT2D eigenvalue weighted by Gasteiger charge is 2.14. The molecule has 2 rings (SSSR count).